The van der Waals surface area contributed by atoms with Gasteiger partial charge in [0.25, 0.3) is 0 Å². The number of aliphatic hydroxyl groups is 1. The zero-order valence-electron chi connectivity index (χ0n) is 22.8. The number of unbranched alkanes of at least 4 members (excludes halogenated alkanes) is 6. The van der Waals surface area contributed by atoms with Gasteiger partial charge in [0.2, 0.25) is 0 Å². The van der Waals surface area contributed by atoms with Gasteiger partial charge in [-0.15, -0.1) is 0 Å². The summed E-state index contributed by atoms with van der Waals surface area (Å²) in [6, 6.07) is 0. The summed E-state index contributed by atoms with van der Waals surface area (Å²) in [6.07, 6.45) is 21.8. The standard InChI is InChI=1S/C31H51IO3/c1-28-16-17-31(34-19-20-35-31)22-24(28)21-23(11-9-7-5-4-6-8-10-18-32)27-25(28)12-14-29(2)26(27)13-15-30(29,3)33/h22-23,25-27,33H,4-21H2,1-3H3/t23-,25+,26+,27-,28+,29+,30+/m1/s1. The number of hydrogen-bond donors (Lipinski definition) is 1. The fourth-order valence-electron chi connectivity index (χ4n) is 9.45. The zero-order chi connectivity index (χ0) is 24.7. The van der Waals surface area contributed by atoms with Crippen LogP contribution in [0.5, 0.6) is 0 Å². The molecular weight excluding hydrogens is 547 g/mol. The third-order valence-corrected chi connectivity index (χ3v) is 12.6. The molecule has 0 radical (unpaired) electrons. The topological polar surface area (TPSA) is 38.7 Å². The van der Waals surface area contributed by atoms with Crippen molar-refractivity contribution in [3.05, 3.63) is 11.6 Å². The van der Waals surface area contributed by atoms with Crippen molar-refractivity contribution in [1.82, 2.24) is 0 Å². The summed E-state index contributed by atoms with van der Waals surface area (Å²) >= 11 is 2.50. The Kier molecular flexibility index (Phi) is 8.07. The first-order chi connectivity index (χ1) is 16.7. The minimum Gasteiger partial charge on any atom is -0.390 e. The highest BCUT2D eigenvalue weighted by atomic mass is 127. The number of alkyl halides is 1. The van der Waals surface area contributed by atoms with Crippen molar-refractivity contribution in [1.29, 1.82) is 0 Å². The molecule has 1 aliphatic heterocycles. The minimum atomic E-state index is -0.496. The van der Waals surface area contributed by atoms with Gasteiger partial charge in [-0.1, -0.05) is 80.5 Å². The van der Waals surface area contributed by atoms with E-state index >= 15 is 0 Å². The molecule has 4 fully saturated rings. The highest BCUT2D eigenvalue weighted by Crippen LogP contribution is 2.69. The van der Waals surface area contributed by atoms with Crippen molar-refractivity contribution in [3.8, 4) is 0 Å². The molecule has 1 N–H and O–H groups in total. The second-order valence-corrected chi connectivity index (χ2v) is 14.7. The van der Waals surface area contributed by atoms with E-state index < -0.39 is 11.4 Å². The van der Waals surface area contributed by atoms with Gasteiger partial charge in [-0.25, -0.2) is 0 Å². The van der Waals surface area contributed by atoms with Crippen molar-refractivity contribution in [2.75, 3.05) is 17.6 Å². The first-order valence-corrected chi connectivity index (χ1v) is 16.6. The summed E-state index contributed by atoms with van der Waals surface area (Å²) in [7, 11) is 0. The molecule has 1 spiro atoms. The predicted octanol–water partition coefficient (Wildman–Crippen LogP) is 8.23. The monoisotopic (exact) mass is 598 g/mol. The Bertz CT molecular complexity index is 771. The first kappa shape index (κ1) is 26.9. The summed E-state index contributed by atoms with van der Waals surface area (Å²) in [4.78, 5) is 0. The normalized spacial score (nSPS) is 44.1. The van der Waals surface area contributed by atoms with Crippen LogP contribution < -0.4 is 0 Å². The molecule has 5 rings (SSSR count). The second-order valence-electron chi connectivity index (χ2n) is 13.6. The highest BCUT2D eigenvalue weighted by molar-refractivity contribution is 14.1. The van der Waals surface area contributed by atoms with E-state index in [0.717, 1.165) is 43.8 Å². The Labute approximate surface area is 228 Å². The van der Waals surface area contributed by atoms with Crippen molar-refractivity contribution < 1.29 is 14.6 Å². The van der Waals surface area contributed by atoms with E-state index in [9.17, 15) is 5.11 Å². The average Bonchev–Trinajstić information content (AvgIpc) is 3.38. The maximum absolute atomic E-state index is 11.5. The molecule has 4 heteroatoms. The lowest BCUT2D eigenvalue weighted by Gasteiger charge is -2.62. The van der Waals surface area contributed by atoms with Gasteiger partial charge >= 0.3 is 0 Å². The Balaban J connectivity index is 1.34. The van der Waals surface area contributed by atoms with Crippen LogP contribution >= 0.6 is 22.6 Å². The number of ether oxygens (including phenoxy) is 2. The highest BCUT2D eigenvalue weighted by Gasteiger charge is 2.64. The summed E-state index contributed by atoms with van der Waals surface area (Å²) in [5.74, 6) is 2.54. The maximum atomic E-state index is 11.5. The van der Waals surface area contributed by atoms with Gasteiger partial charge in [0.1, 0.15) is 0 Å². The fourth-order valence-corrected chi connectivity index (χ4v) is 9.99. The largest absolute Gasteiger partial charge is 0.390 e. The number of hydrogen-bond acceptors (Lipinski definition) is 3. The Morgan fingerprint density at radius 3 is 2.23 bits per heavy atom. The molecule has 0 amide bonds. The van der Waals surface area contributed by atoms with Crippen molar-refractivity contribution in [2.24, 2.45) is 34.5 Å². The van der Waals surface area contributed by atoms with Gasteiger partial charge in [-0.05, 0) is 103 Å². The molecule has 0 aromatic carbocycles. The lowest BCUT2D eigenvalue weighted by molar-refractivity contribution is -0.158. The maximum Gasteiger partial charge on any atom is 0.188 e. The third-order valence-electron chi connectivity index (χ3n) is 11.8. The van der Waals surface area contributed by atoms with Crippen LogP contribution in [0.15, 0.2) is 11.6 Å². The predicted molar refractivity (Wildman–Crippen MR) is 152 cm³/mol. The van der Waals surface area contributed by atoms with Crippen molar-refractivity contribution in [2.45, 2.75) is 128 Å². The molecule has 5 aliphatic rings. The summed E-state index contributed by atoms with van der Waals surface area (Å²) in [6.45, 7) is 8.65. The molecule has 4 aliphatic carbocycles. The van der Waals surface area contributed by atoms with Crippen LogP contribution in [0, 0.1) is 34.5 Å². The van der Waals surface area contributed by atoms with Gasteiger partial charge in [0, 0.05) is 6.42 Å². The van der Waals surface area contributed by atoms with E-state index in [1.165, 1.54) is 87.9 Å². The van der Waals surface area contributed by atoms with Crippen molar-refractivity contribution in [3.63, 3.8) is 0 Å². The van der Waals surface area contributed by atoms with Crippen LogP contribution in [-0.4, -0.2) is 34.1 Å². The van der Waals surface area contributed by atoms with E-state index in [4.69, 9.17) is 9.47 Å². The van der Waals surface area contributed by atoms with E-state index in [1.807, 2.05) is 0 Å². The van der Waals surface area contributed by atoms with Crippen LogP contribution in [0.25, 0.3) is 0 Å². The molecule has 0 bridgehead atoms. The van der Waals surface area contributed by atoms with Crippen LogP contribution in [-0.2, 0) is 9.47 Å². The van der Waals surface area contributed by atoms with E-state index in [-0.39, 0.29) is 10.8 Å². The first-order valence-electron chi connectivity index (χ1n) is 15.0. The van der Waals surface area contributed by atoms with Gasteiger partial charge < -0.3 is 14.6 Å². The molecule has 0 unspecified atom stereocenters. The van der Waals surface area contributed by atoms with E-state index in [2.05, 4.69) is 49.4 Å². The minimum absolute atomic E-state index is 0.0935. The third kappa shape index (κ3) is 4.82. The van der Waals surface area contributed by atoms with Crippen LogP contribution in [0.2, 0.25) is 0 Å². The zero-order valence-corrected chi connectivity index (χ0v) is 24.9. The lowest BCUT2D eigenvalue weighted by Crippen LogP contribution is -2.57. The molecule has 1 saturated heterocycles. The molecule has 3 saturated carbocycles. The fraction of sp³-hybridized carbons (Fsp3) is 0.935. The quantitative estimate of drug-likeness (QED) is 0.126. The molecule has 0 aromatic rings. The Morgan fingerprint density at radius 2 is 1.51 bits per heavy atom. The molecule has 1 heterocycles. The summed E-state index contributed by atoms with van der Waals surface area (Å²) in [5.41, 5.74) is 1.54. The molecule has 3 nitrogen and oxygen atoms in total. The molecule has 0 aromatic heterocycles. The van der Waals surface area contributed by atoms with Crippen molar-refractivity contribution >= 4 is 22.6 Å². The van der Waals surface area contributed by atoms with Crippen LogP contribution in [0.3, 0.4) is 0 Å². The van der Waals surface area contributed by atoms with E-state index in [1.54, 1.807) is 5.57 Å². The number of rotatable bonds is 9. The average molecular weight is 599 g/mol. The number of halogens is 1. The van der Waals surface area contributed by atoms with E-state index in [0.29, 0.717) is 5.92 Å². The van der Waals surface area contributed by atoms with Gasteiger partial charge in [-0.3, -0.25) is 0 Å². The van der Waals surface area contributed by atoms with Gasteiger partial charge in [-0.2, -0.15) is 0 Å². The number of fused-ring (bicyclic) bond motifs is 5. The van der Waals surface area contributed by atoms with Crippen LogP contribution in [0.4, 0.5) is 0 Å². The smallest absolute Gasteiger partial charge is 0.188 e. The molecular formula is C31H51IO3. The Hall–Kier alpha value is 0.350. The van der Waals surface area contributed by atoms with Gasteiger partial charge in [0.05, 0.1) is 18.8 Å². The number of allylic oxidation sites excluding steroid dienone is 1. The SMILES string of the molecule is C[C@]12CCC3(C=C1C[C@@H](CCCCCCCCCI)[C@@H]1[C@@H]2CC[C@@]2(C)[C@H]1CC[C@]2(C)O)OCCO3. The summed E-state index contributed by atoms with van der Waals surface area (Å²) < 4.78 is 13.7. The molecule has 200 valence electrons. The summed E-state index contributed by atoms with van der Waals surface area (Å²) in [5, 5.41) is 11.5. The second kappa shape index (κ2) is 10.5. The molecule has 35 heavy (non-hydrogen) atoms. The Morgan fingerprint density at radius 1 is 0.857 bits per heavy atom. The van der Waals surface area contributed by atoms with Gasteiger partial charge in [0.15, 0.2) is 5.79 Å². The molecule has 7 atom stereocenters. The lowest BCUT2D eigenvalue weighted by atomic mass is 9.43. The van der Waals surface area contributed by atoms with Crippen LogP contribution in [0.1, 0.15) is 117 Å².